The van der Waals surface area contributed by atoms with Gasteiger partial charge in [0.15, 0.2) is 0 Å². The predicted molar refractivity (Wildman–Crippen MR) is 243 cm³/mol. The molecule has 6 aromatic carbocycles. The molecule has 298 valence electrons. The summed E-state index contributed by atoms with van der Waals surface area (Å²) in [7, 11) is 4.25. The second-order valence-electron chi connectivity index (χ2n) is 15.9. The van der Waals surface area contributed by atoms with E-state index < -0.39 is 0 Å². The molecule has 8 N–H and O–H groups in total. The van der Waals surface area contributed by atoms with E-state index in [1.165, 1.54) is 83.0 Å². The maximum absolute atomic E-state index is 6.29. The second kappa shape index (κ2) is 17.1. The smallest absolute Gasteiger partial charge is 0.119 e. The zero-order chi connectivity index (χ0) is 40.2. The molecule has 0 aromatic heterocycles. The van der Waals surface area contributed by atoms with Crippen molar-refractivity contribution in [1.82, 2.24) is 0 Å². The number of nitrogen functional groups attached to an aromatic ring is 4. The molecular formula is C50H56N6O2. The van der Waals surface area contributed by atoms with Crippen LogP contribution >= 0.6 is 0 Å². The lowest BCUT2D eigenvalue weighted by atomic mass is 9.84. The Morgan fingerprint density at radius 2 is 0.776 bits per heavy atom. The number of fused-ring (bicyclic) bond motifs is 6. The van der Waals surface area contributed by atoms with Crippen LogP contribution in [-0.2, 0) is 0 Å². The minimum absolute atomic E-state index is 0.00219. The van der Waals surface area contributed by atoms with Gasteiger partial charge in [-0.2, -0.15) is 0 Å². The van der Waals surface area contributed by atoms with Gasteiger partial charge in [0.25, 0.3) is 0 Å². The van der Waals surface area contributed by atoms with Crippen molar-refractivity contribution in [3.8, 4) is 33.8 Å². The highest BCUT2D eigenvalue weighted by atomic mass is 16.5. The molecule has 8 rings (SSSR count). The molecule has 0 fully saturated rings. The molecular weight excluding hydrogens is 717 g/mol. The topological polar surface area (TPSA) is 129 Å². The number of nitrogens with zero attached hydrogens (tertiary/aromatic N) is 2. The van der Waals surface area contributed by atoms with Crippen molar-refractivity contribution in [3.05, 3.63) is 144 Å². The van der Waals surface area contributed by atoms with E-state index in [1.807, 2.05) is 24.3 Å². The van der Waals surface area contributed by atoms with Crippen molar-refractivity contribution >= 4 is 34.1 Å². The number of nitrogens with two attached hydrogens (primary N) is 4. The fourth-order valence-corrected chi connectivity index (χ4v) is 8.94. The highest BCUT2D eigenvalue weighted by Crippen LogP contribution is 2.49. The Bertz CT molecular complexity index is 2230. The molecule has 2 aliphatic heterocycles. The number of hydrogen-bond acceptors (Lipinski definition) is 8. The third-order valence-corrected chi connectivity index (χ3v) is 11.8. The van der Waals surface area contributed by atoms with E-state index in [9.17, 15) is 0 Å². The molecule has 6 aromatic rings. The Hall–Kier alpha value is -6.28. The molecule has 2 heterocycles. The van der Waals surface area contributed by atoms with Gasteiger partial charge < -0.3 is 42.2 Å². The third-order valence-electron chi connectivity index (χ3n) is 11.8. The van der Waals surface area contributed by atoms with E-state index in [0.717, 1.165) is 58.5 Å². The van der Waals surface area contributed by atoms with Crippen molar-refractivity contribution in [3.63, 3.8) is 0 Å². The number of ether oxygens (including phenoxy) is 2. The second-order valence-corrected chi connectivity index (χ2v) is 15.9. The highest BCUT2D eigenvalue weighted by Gasteiger charge is 2.32. The van der Waals surface area contributed by atoms with Crippen molar-refractivity contribution in [2.75, 3.05) is 60.0 Å². The number of unbranched alkanes of at least 4 members (excludes halogenated alkanes) is 7. The van der Waals surface area contributed by atoms with Gasteiger partial charge in [0.05, 0.1) is 25.3 Å². The normalized spacial score (nSPS) is 15.3. The van der Waals surface area contributed by atoms with Gasteiger partial charge >= 0.3 is 0 Å². The summed E-state index contributed by atoms with van der Waals surface area (Å²) in [5.74, 6) is 1.80. The molecule has 2 unspecified atom stereocenters. The number of rotatable bonds is 15. The molecule has 58 heavy (non-hydrogen) atoms. The summed E-state index contributed by atoms with van der Waals surface area (Å²) in [6.07, 6.45) is 9.37. The van der Waals surface area contributed by atoms with Crippen LogP contribution in [0.25, 0.3) is 22.3 Å². The van der Waals surface area contributed by atoms with Crippen LogP contribution in [-0.4, -0.2) is 27.3 Å². The van der Waals surface area contributed by atoms with Gasteiger partial charge in [-0.1, -0.05) is 87.1 Å². The van der Waals surface area contributed by atoms with E-state index in [0.29, 0.717) is 13.2 Å². The van der Waals surface area contributed by atoms with Crippen molar-refractivity contribution < 1.29 is 9.47 Å². The third kappa shape index (κ3) is 8.10. The van der Waals surface area contributed by atoms with Crippen LogP contribution in [0.3, 0.4) is 0 Å². The average molecular weight is 773 g/mol. The average Bonchev–Trinajstić information content (AvgIpc) is 3.22. The summed E-state index contributed by atoms with van der Waals surface area (Å²) in [6, 6.07) is 41.6. The Morgan fingerprint density at radius 3 is 1.19 bits per heavy atom. The zero-order valence-corrected chi connectivity index (χ0v) is 33.8. The maximum atomic E-state index is 6.29. The summed E-state index contributed by atoms with van der Waals surface area (Å²) in [5, 5.41) is 0. The molecule has 2 atom stereocenters. The molecule has 0 aliphatic carbocycles. The Balaban J connectivity index is 0.754. The first-order chi connectivity index (χ1) is 28.2. The van der Waals surface area contributed by atoms with Gasteiger partial charge in [-0.3, -0.25) is 0 Å². The minimum atomic E-state index is 0.00219. The summed E-state index contributed by atoms with van der Waals surface area (Å²) >= 11 is 0. The lowest BCUT2D eigenvalue weighted by Crippen LogP contribution is -2.29. The van der Waals surface area contributed by atoms with Crippen LogP contribution in [0.2, 0.25) is 0 Å². The van der Waals surface area contributed by atoms with Gasteiger partial charge in [0, 0.05) is 59.3 Å². The minimum Gasteiger partial charge on any atom is -0.494 e. The molecule has 0 amide bonds. The largest absolute Gasteiger partial charge is 0.494 e. The van der Waals surface area contributed by atoms with Gasteiger partial charge in [-0.15, -0.1) is 0 Å². The lowest BCUT2D eigenvalue weighted by Gasteiger charge is -2.38. The molecule has 0 bridgehead atoms. The first-order valence-electron chi connectivity index (χ1n) is 20.7. The first-order valence-corrected chi connectivity index (χ1v) is 20.7. The van der Waals surface area contributed by atoms with Crippen LogP contribution in [0.5, 0.6) is 11.5 Å². The highest BCUT2D eigenvalue weighted by molar-refractivity contribution is 5.89. The van der Waals surface area contributed by atoms with Crippen molar-refractivity contribution in [2.24, 2.45) is 0 Å². The fraction of sp³-hybridized carbons (Fsp3) is 0.280. The lowest BCUT2D eigenvalue weighted by molar-refractivity contribution is 0.300. The van der Waals surface area contributed by atoms with Gasteiger partial charge in [0.1, 0.15) is 11.5 Å². The quantitative estimate of drug-likeness (QED) is 0.0600. The van der Waals surface area contributed by atoms with E-state index >= 15 is 0 Å². The van der Waals surface area contributed by atoms with E-state index in [2.05, 4.69) is 121 Å². The van der Waals surface area contributed by atoms with Gasteiger partial charge in [-0.25, -0.2) is 0 Å². The van der Waals surface area contributed by atoms with E-state index in [-0.39, 0.29) is 12.1 Å². The van der Waals surface area contributed by atoms with Crippen molar-refractivity contribution in [2.45, 2.75) is 63.5 Å². The van der Waals surface area contributed by atoms with Crippen LogP contribution < -0.4 is 42.2 Å². The molecule has 2 aliphatic rings. The summed E-state index contributed by atoms with van der Waals surface area (Å²) in [4.78, 5) is 4.59. The van der Waals surface area contributed by atoms with Crippen LogP contribution in [0.15, 0.2) is 121 Å². The Kier molecular flexibility index (Phi) is 11.4. The zero-order valence-electron chi connectivity index (χ0n) is 33.8. The van der Waals surface area contributed by atoms with E-state index in [4.69, 9.17) is 32.4 Å². The maximum Gasteiger partial charge on any atom is 0.119 e. The molecule has 0 radical (unpaired) electrons. The van der Waals surface area contributed by atoms with Gasteiger partial charge in [-0.05, 0) is 119 Å². The number of benzene rings is 6. The summed E-state index contributed by atoms with van der Waals surface area (Å²) < 4.78 is 12.6. The van der Waals surface area contributed by atoms with Crippen LogP contribution in [0.1, 0.15) is 85.7 Å². The molecule has 0 saturated heterocycles. The standard InChI is InChI=1S/C50H56N6O2/c1-55-47-31-37(53)19-23-43(47)41-21-17-35(51)29-45(41)49(55)33-13-11-15-39(27-33)57-25-9-7-5-3-4-6-8-10-26-58-40-16-12-14-34(28-40)50-46-30-36(52)18-22-42(46)44-24-20-38(54)32-48(44)56(50)2/h11-24,27-32,49-50H,3-10,25-26,51-54H2,1-2H3. The van der Waals surface area contributed by atoms with Crippen LogP contribution in [0, 0.1) is 0 Å². The van der Waals surface area contributed by atoms with Crippen molar-refractivity contribution in [1.29, 1.82) is 0 Å². The Morgan fingerprint density at radius 1 is 0.414 bits per heavy atom. The molecule has 0 spiro atoms. The first kappa shape index (κ1) is 38.6. The number of anilines is 6. The Labute approximate surface area is 343 Å². The summed E-state index contributed by atoms with van der Waals surface area (Å²) in [5.41, 5.74) is 39.7. The van der Waals surface area contributed by atoms with E-state index in [1.54, 1.807) is 0 Å². The fourth-order valence-electron chi connectivity index (χ4n) is 8.94. The molecule has 0 saturated carbocycles. The number of hydrogen-bond donors (Lipinski definition) is 4. The molecule has 8 nitrogen and oxygen atoms in total. The monoisotopic (exact) mass is 772 g/mol. The molecule has 8 heteroatoms. The SMILES string of the molecule is CN1c2cc(N)ccc2-c2ccc(N)cc2C1c1cccc(OCCCCCCCCCCOc2cccc(C3c4cc(N)ccc4-c4ccc(N)cc4N3C)c2)c1. The predicted octanol–water partition coefficient (Wildman–Crippen LogP) is 11.0. The van der Waals surface area contributed by atoms with Crippen LogP contribution in [0.4, 0.5) is 34.1 Å². The summed E-state index contributed by atoms with van der Waals surface area (Å²) in [6.45, 7) is 1.43. The van der Waals surface area contributed by atoms with Gasteiger partial charge in [0.2, 0.25) is 0 Å².